The Morgan fingerprint density at radius 2 is 1.85 bits per heavy atom. The molecule has 0 saturated heterocycles. The smallest absolute Gasteiger partial charge is 0.307 e. The normalized spacial score (nSPS) is 25.4. The van der Waals surface area contributed by atoms with E-state index in [1.165, 1.54) is 0 Å². The molecule has 1 fully saturated rings. The number of hydrogen-bond donors (Lipinski definition) is 2. The molecule has 3 unspecified atom stereocenters. The van der Waals surface area contributed by atoms with Gasteiger partial charge in [-0.05, 0) is 44.2 Å². The van der Waals surface area contributed by atoms with Gasteiger partial charge in [-0.1, -0.05) is 24.6 Å². The first-order valence-corrected chi connectivity index (χ1v) is 6.99. The van der Waals surface area contributed by atoms with E-state index >= 15 is 0 Å². The van der Waals surface area contributed by atoms with Gasteiger partial charge in [-0.15, -0.1) is 0 Å². The highest BCUT2D eigenvalue weighted by molar-refractivity contribution is 5.96. The van der Waals surface area contributed by atoms with Crippen molar-refractivity contribution >= 4 is 17.6 Å². The van der Waals surface area contributed by atoms with Gasteiger partial charge < -0.3 is 10.4 Å². The van der Waals surface area contributed by atoms with Crippen molar-refractivity contribution in [2.75, 3.05) is 5.32 Å². The van der Waals surface area contributed by atoms with Crippen LogP contribution < -0.4 is 5.32 Å². The topological polar surface area (TPSA) is 66.4 Å². The van der Waals surface area contributed by atoms with Crippen LogP contribution in [0, 0.1) is 31.6 Å². The molecular formula is C16H21NO3. The second-order valence-electron chi connectivity index (χ2n) is 5.94. The molecule has 0 aromatic heterocycles. The first-order valence-electron chi connectivity index (χ1n) is 6.99. The molecule has 0 aliphatic heterocycles. The number of rotatable bonds is 3. The van der Waals surface area contributed by atoms with E-state index in [4.69, 9.17) is 0 Å². The quantitative estimate of drug-likeness (QED) is 0.891. The van der Waals surface area contributed by atoms with E-state index in [-0.39, 0.29) is 11.8 Å². The van der Waals surface area contributed by atoms with Crippen molar-refractivity contribution in [2.45, 2.75) is 33.6 Å². The summed E-state index contributed by atoms with van der Waals surface area (Å²) in [6.45, 7) is 5.94. The van der Waals surface area contributed by atoms with E-state index in [0.29, 0.717) is 12.8 Å². The number of aliphatic carboxylic acids is 1. The molecule has 3 atom stereocenters. The Morgan fingerprint density at radius 1 is 1.20 bits per heavy atom. The number of amides is 1. The summed E-state index contributed by atoms with van der Waals surface area (Å²) in [5.74, 6) is -1.74. The average molecular weight is 275 g/mol. The van der Waals surface area contributed by atoms with Crippen LogP contribution in [-0.4, -0.2) is 17.0 Å². The number of aryl methyl sites for hydroxylation is 2. The van der Waals surface area contributed by atoms with Crippen LogP contribution in [0.1, 0.15) is 30.9 Å². The maximum Gasteiger partial charge on any atom is 0.307 e. The molecule has 108 valence electrons. The lowest BCUT2D eigenvalue weighted by atomic mass is 9.95. The zero-order valence-corrected chi connectivity index (χ0v) is 12.1. The van der Waals surface area contributed by atoms with Crippen molar-refractivity contribution in [2.24, 2.45) is 17.8 Å². The second kappa shape index (κ2) is 5.65. The zero-order chi connectivity index (χ0) is 14.9. The molecule has 1 aliphatic rings. The summed E-state index contributed by atoms with van der Waals surface area (Å²) < 4.78 is 0. The van der Waals surface area contributed by atoms with Crippen molar-refractivity contribution in [3.8, 4) is 0 Å². The maximum atomic E-state index is 12.3. The van der Waals surface area contributed by atoms with E-state index in [1.807, 2.05) is 39.0 Å². The van der Waals surface area contributed by atoms with Gasteiger partial charge in [0.05, 0.1) is 11.8 Å². The molecule has 0 radical (unpaired) electrons. The van der Waals surface area contributed by atoms with Crippen molar-refractivity contribution in [1.29, 1.82) is 0 Å². The van der Waals surface area contributed by atoms with Crippen LogP contribution in [0.5, 0.6) is 0 Å². The van der Waals surface area contributed by atoms with E-state index in [2.05, 4.69) is 5.32 Å². The highest BCUT2D eigenvalue weighted by atomic mass is 16.4. The Bertz CT molecular complexity index is 539. The number of benzene rings is 1. The lowest BCUT2D eigenvalue weighted by Gasteiger charge is -2.16. The number of nitrogens with one attached hydrogen (secondary N) is 1. The van der Waals surface area contributed by atoms with Crippen LogP contribution in [-0.2, 0) is 9.59 Å². The maximum absolute atomic E-state index is 12.3. The fourth-order valence-corrected chi connectivity index (χ4v) is 3.03. The van der Waals surface area contributed by atoms with E-state index in [1.54, 1.807) is 0 Å². The summed E-state index contributed by atoms with van der Waals surface area (Å²) in [5, 5.41) is 12.1. The van der Waals surface area contributed by atoms with Gasteiger partial charge in [0.15, 0.2) is 0 Å². The number of carbonyl (C=O) groups is 2. The van der Waals surface area contributed by atoms with Gasteiger partial charge in [0.25, 0.3) is 0 Å². The number of hydrogen-bond acceptors (Lipinski definition) is 2. The predicted octanol–water partition coefficient (Wildman–Crippen LogP) is 2.99. The van der Waals surface area contributed by atoms with E-state index < -0.39 is 17.8 Å². The van der Waals surface area contributed by atoms with Gasteiger partial charge in [0.1, 0.15) is 0 Å². The minimum Gasteiger partial charge on any atom is -0.481 e. The first-order chi connectivity index (χ1) is 9.38. The zero-order valence-electron chi connectivity index (χ0n) is 12.1. The Kier molecular flexibility index (Phi) is 4.12. The molecule has 0 spiro atoms. The highest BCUT2D eigenvalue weighted by Gasteiger charge is 2.41. The second-order valence-corrected chi connectivity index (χ2v) is 5.94. The van der Waals surface area contributed by atoms with Gasteiger partial charge in [-0.3, -0.25) is 9.59 Å². The van der Waals surface area contributed by atoms with E-state index in [9.17, 15) is 14.7 Å². The monoisotopic (exact) mass is 275 g/mol. The van der Waals surface area contributed by atoms with Crippen molar-refractivity contribution in [3.05, 3.63) is 29.3 Å². The van der Waals surface area contributed by atoms with E-state index in [0.717, 1.165) is 16.8 Å². The molecule has 2 N–H and O–H groups in total. The van der Waals surface area contributed by atoms with Gasteiger partial charge in [0.2, 0.25) is 5.91 Å². The molecule has 1 aromatic rings. The molecule has 1 saturated carbocycles. The molecule has 0 bridgehead atoms. The average Bonchev–Trinajstić information content (AvgIpc) is 2.75. The Labute approximate surface area is 119 Å². The molecule has 20 heavy (non-hydrogen) atoms. The third-order valence-corrected chi connectivity index (χ3v) is 4.09. The molecular weight excluding hydrogens is 254 g/mol. The standard InChI is InChI=1S/C16H21NO3/c1-9-4-5-14(11(3)6-9)17-15(18)12-7-10(2)8-13(12)16(19)20/h4-6,10,12-13H,7-8H2,1-3H3,(H,17,18)(H,19,20). The summed E-state index contributed by atoms with van der Waals surface area (Å²) in [6.07, 6.45) is 1.23. The molecule has 4 nitrogen and oxygen atoms in total. The molecule has 1 aliphatic carbocycles. The fourth-order valence-electron chi connectivity index (χ4n) is 3.03. The molecule has 1 aromatic carbocycles. The number of anilines is 1. The van der Waals surface area contributed by atoms with Crippen LogP contribution in [0.4, 0.5) is 5.69 Å². The Hall–Kier alpha value is -1.84. The van der Waals surface area contributed by atoms with Gasteiger partial charge >= 0.3 is 5.97 Å². The van der Waals surface area contributed by atoms with Gasteiger partial charge in [-0.25, -0.2) is 0 Å². The third-order valence-electron chi connectivity index (χ3n) is 4.09. The van der Waals surface area contributed by atoms with Crippen LogP contribution in [0.3, 0.4) is 0 Å². The highest BCUT2D eigenvalue weighted by Crippen LogP contribution is 2.37. The fraction of sp³-hybridized carbons (Fsp3) is 0.500. The van der Waals surface area contributed by atoms with Crippen molar-refractivity contribution in [3.63, 3.8) is 0 Å². The summed E-state index contributed by atoms with van der Waals surface area (Å²) in [7, 11) is 0. The molecule has 1 amide bonds. The van der Waals surface area contributed by atoms with Crippen molar-refractivity contribution < 1.29 is 14.7 Å². The predicted molar refractivity (Wildman–Crippen MR) is 77.6 cm³/mol. The summed E-state index contributed by atoms with van der Waals surface area (Å²) >= 11 is 0. The largest absolute Gasteiger partial charge is 0.481 e. The SMILES string of the molecule is Cc1ccc(NC(=O)C2CC(C)CC2C(=O)O)c(C)c1. The Morgan fingerprint density at radius 3 is 2.45 bits per heavy atom. The van der Waals surface area contributed by atoms with Crippen LogP contribution in [0.25, 0.3) is 0 Å². The van der Waals surface area contributed by atoms with Crippen molar-refractivity contribution in [1.82, 2.24) is 0 Å². The Balaban J connectivity index is 2.13. The molecule has 4 heteroatoms. The molecule has 2 rings (SSSR count). The van der Waals surface area contributed by atoms with Crippen LogP contribution in [0.15, 0.2) is 18.2 Å². The summed E-state index contributed by atoms with van der Waals surface area (Å²) in [6, 6.07) is 5.81. The van der Waals surface area contributed by atoms with Crippen LogP contribution >= 0.6 is 0 Å². The third kappa shape index (κ3) is 3.00. The summed E-state index contributed by atoms with van der Waals surface area (Å²) in [4.78, 5) is 23.6. The minimum absolute atomic E-state index is 0.172. The summed E-state index contributed by atoms with van der Waals surface area (Å²) in [5.41, 5.74) is 2.90. The van der Waals surface area contributed by atoms with Gasteiger partial charge in [-0.2, -0.15) is 0 Å². The number of carbonyl (C=O) groups excluding carboxylic acids is 1. The first kappa shape index (κ1) is 14.6. The number of carboxylic acid groups (broad SMARTS) is 1. The lowest BCUT2D eigenvalue weighted by Crippen LogP contribution is -2.30. The minimum atomic E-state index is -0.866. The van der Waals surface area contributed by atoms with Crippen LogP contribution in [0.2, 0.25) is 0 Å². The number of carboxylic acids is 1. The van der Waals surface area contributed by atoms with Gasteiger partial charge in [0, 0.05) is 5.69 Å². The molecule has 0 heterocycles. The lowest BCUT2D eigenvalue weighted by molar-refractivity contribution is -0.145.